The van der Waals surface area contributed by atoms with E-state index in [1.807, 2.05) is 13.2 Å². The van der Waals surface area contributed by atoms with Gasteiger partial charge in [0.05, 0.1) is 12.7 Å². The minimum Gasteiger partial charge on any atom is -0.380 e. The van der Waals surface area contributed by atoms with Crippen LogP contribution in [0.5, 0.6) is 0 Å². The molecule has 0 spiro atoms. The molecule has 1 fully saturated rings. The van der Waals surface area contributed by atoms with E-state index < -0.39 is 0 Å². The maximum absolute atomic E-state index is 6.53. The van der Waals surface area contributed by atoms with E-state index in [0.29, 0.717) is 6.61 Å². The maximum atomic E-state index is 6.53. The first-order valence-corrected chi connectivity index (χ1v) is 10.3. The molecule has 0 bridgehead atoms. The van der Waals surface area contributed by atoms with Gasteiger partial charge >= 0.3 is 0 Å². The minimum absolute atomic E-state index is 0.0240. The quantitative estimate of drug-likeness (QED) is 0.659. The van der Waals surface area contributed by atoms with Crippen LogP contribution in [0.3, 0.4) is 0 Å². The van der Waals surface area contributed by atoms with E-state index >= 15 is 0 Å². The van der Waals surface area contributed by atoms with Crippen molar-refractivity contribution in [2.24, 2.45) is 5.41 Å². The minimum atomic E-state index is 0.0240. The average molecular weight is 382 g/mol. The van der Waals surface area contributed by atoms with Crippen molar-refractivity contribution in [2.45, 2.75) is 65.5 Å². The van der Waals surface area contributed by atoms with E-state index in [9.17, 15) is 0 Å². The van der Waals surface area contributed by atoms with Crippen molar-refractivity contribution in [3.8, 4) is 11.1 Å². The van der Waals surface area contributed by atoms with Crippen molar-refractivity contribution in [1.82, 2.24) is 4.90 Å². The molecule has 0 aliphatic carbocycles. The van der Waals surface area contributed by atoms with Gasteiger partial charge in [0, 0.05) is 24.6 Å². The third-order valence-electron chi connectivity index (χ3n) is 5.77. The van der Waals surface area contributed by atoms with Crippen LogP contribution in [0, 0.1) is 5.41 Å². The van der Waals surface area contributed by atoms with Crippen LogP contribution >= 0.6 is 0 Å². The summed E-state index contributed by atoms with van der Waals surface area (Å²) in [6.07, 6.45) is 1.32. The summed E-state index contributed by atoms with van der Waals surface area (Å²) >= 11 is 0. The lowest BCUT2D eigenvalue weighted by Gasteiger charge is -2.53. The predicted octanol–water partition coefficient (Wildman–Crippen LogP) is 5.74. The second-order valence-corrected chi connectivity index (χ2v) is 9.60. The topological polar surface area (TPSA) is 21.7 Å². The number of piperidine rings is 1. The summed E-state index contributed by atoms with van der Waals surface area (Å²) < 4.78 is 12.3. The molecule has 1 aliphatic rings. The Bertz CT molecular complexity index is 746. The summed E-state index contributed by atoms with van der Waals surface area (Å²) in [7, 11) is 1.82. The fourth-order valence-corrected chi connectivity index (χ4v) is 4.19. The van der Waals surface area contributed by atoms with Gasteiger partial charge in [0.2, 0.25) is 0 Å². The molecule has 152 valence electrons. The molecule has 1 saturated heterocycles. The second kappa shape index (κ2) is 8.36. The van der Waals surface area contributed by atoms with E-state index in [4.69, 9.17) is 9.47 Å². The predicted molar refractivity (Wildman–Crippen MR) is 116 cm³/mol. The highest BCUT2D eigenvalue weighted by atomic mass is 16.5. The van der Waals surface area contributed by atoms with Crippen LogP contribution in [0.4, 0.5) is 0 Å². The lowest BCUT2D eigenvalue weighted by molar-refractivity contribution is -0.206. The Morgan fingerprint density at radius 3 is 2.14 bits per heavy atom. The Hall–Kier alpha value is -1.68. The summed E-state index contributed by atoms with van der Waals surface area (Å²) in [5, 5.41) is 0. The molecule has 2 aromatic carbocycles. The van der Waals surface area contributed by atoms with Crippen molar-refractivity contribution in [3.63, 3.8) is 0 Å². The molecular formula is C25H35NO2. The monoisotopic (exact) mass is 381 g/mol. The molecule has 0 amide bonds. The lowest BCUT2D eigenvalue weighted by Crippen LogP contribution is -2.62. The number of ether oxygens (including phenoxy) is 2. The number of methoxy groups -OCH3 is 1. The molecule has 28 heavy (non-hydrogen) atoms. The van der Waals surface area contributed by atoms with E-state index in [2.05, 4.69) is 88.0 Å². The smallest absolute Gasteiger partial charge is 0.116 e. The van der Waals surface area contributed by atoms with Crippen LogP contribution in [0.25, 0.3) is 11.1 Å². The Morgan fingerprint density at radius 1 is 0.964 bits per heavy atom. The number of hydrogen-bond acceptors (Lipinski definition) is 3. The Morgan fingerprint density at radius 2 is 1.57 bits per heavy atom. The highest BCUT2D eigenvalue weighted by molar-refractivity contribution is 5.63. The Labute approximate surface area is 170 Å². The summed E-state index contributed by atoms with van der Waals surface area (Å²) in [6.45, 7) is 12.9. The van der Waals surface area contributed by atoms with E-state index in [-0.39, 0.29) is 23.3 Å². The third-order valence-corrected chi connectivity index (χ3v) is 5.77. The first kappa shape index (κ1) is 21.0. The average Bonchev–Trinajstić information content (AvgIpc) is 2.66. The first-order chi connectivity index (χ1) is 13.2. The molecule has 2 unspecified atom stereocenters. The number of likely N-dealkylation sites (tertiary alicyclic amines) is 1. The third kappa shape index (κ3) is 4.83. The molecule has 2 aromatic rings. The molecule has 0 aromatic heterocycles. The van der Waals surface area contributed by atoms with Gasteiger partial charge in [-0.2, -0.15) is 0 Å². The normalized spacial score (nSPS) is 22.9. The molecule has 1 aliphatic heterocycles. The largest absolute Gasteiger partial charge is 0.380 e. The van der Waals surface area contributed by atoms with Crippen molar-refractivity contribution in [1.29, 1.82) is 0 Å². The maximum Gasteiger partial charge on any atom is 0.116 e. The zero-order chi connectivity index (χ0) is 20.4. The molecular weight excluding hydrogens is 346 g/mol. The van der Waals surface area contributed by atoms with Crippen LogP contribution in [-0.2, 0) is 16.1 Å². The molecule has 1 heterocycles. The summed E-state index contributed by atoms with van der Waals surface area (Å²) in [6, 6.07) is 19.2. The zero-order valence-corrected chi connectivity index (χ0v) is 18.2. The molecule has 3 heteroatoms. The van der Waals surface area contributed by atoms with Gasteiger partial charge in [-0.15, -0.1) is 0 Å². The van der Waals surface area contributed by atoms with Crippen LogP contribution in [-0.4, -0.2) is 36.4 Å². The highest BCUT2D eigenvalue weighted by Gasteiger charge is 2.46. The van der Waals surface area contributed by atoms with E-state index in [1.165, 1.54) is 16.7 Å². The fourth-order valence-electron chi connectivity index (χ4n) is 4.19. The van der Waals surface area contributed by atoms with Crippen LogP contribution in [0.15, 0.2) is 54.6 Å². The van der Waals surface area contributed by atoms with Crippen LogP contribution in [0.2, 0.25) is 0 Å². The van der Waals surface area contributed by atoms with Gasteiger partial charge in [-0.25, -0.2) is 0 Å². The van der Waals surface area contributed by atoms with Gasteiger partial charge < -0.3 is 9.47 Å². The molecule has 3 rings (SSSR count). The molecule has 2 atom stereocenters. The zero-order valence-electron chi connectivity index (χ0n) is 18.2. The van der Waals surface area contributed by atoms with Gasteiger partial charge in [0.25, 0.3) is 0 Å². The molecule has 0 N–H and O–H groups in total. The molecule has 3 nitrogen and oxygen atoms in total. The number of hydrogen-bond donors (Lipinski definition) is 0. The van der Waals surface area contributed by atoms with E-state index in [0.717, 1.165) is 13.0 Å². The van der Waals surface area contributed by atoms with Crippen LogP contribution < -0.4 is 0 Å². The van der Waals surface area contributed by atoms with Gasteiger partial charge in [0.1, 0.15) is 6.23 Å². The number of benzene rings is 2. The SMILES string of the molecule is COC1CN(C(C)(C)C)C(OCc2ccc(-c3ccccc3)cc2)C(C)(C)C1. The van der Waals surface area contributed by atoms with Gasteiger partial charge in [-0.1, -0.05) is 68.4 Å². The van der Waals surface area contributed by atoms with Crippen molar-refractivity contribution in [3.05, 3.63) is 60.2 Å². The van der Waals surface area contributed by atoms with Crippen molar-refractivity contribution in [2.75, 3.05) is 13.7 Å². The van der Waals surface area contributed by atoms with Crippen LogP contribution in [0.1, 0.15) is 46.6 Å². The van der Waals surface area contributed by atoms with E-state index in [1.54, 1.807) is 0 Å². The van der Waals surface area contributed by atoms with Gasteiger partial charge in [-0.3, -0.25) is 4.90 Å². The Balaban J connectivity index is 1.72. The summed E-state index contributed by atoms with van der Waals surface area (Å²) in [5.74, 6) is 0. The number of nitrogens with zero attached hydrogens (tertiary/aromatic N) is 1. The number of rotatable bonds is 5. The highest BCUT2D eigenvalue weighted by Crippen LogP contribution is 2.40. The lowest BCUT2D eigenvalue weighted by atomic mass is 9.78. The second-order valence-electron chi connectivity index (χ2n) is 9.60. The summed E-state index contributed by atoms with van der Waals surface area (Å²) in [4.78, 5) is 2.46. The molecule has 0 radical (unpaired) electrons. The van der Waals surface area contributed by atoms with Gasteiger partial charge in [-0.05, 0) is 43.9 Å². The standard InChI is InChI=1S/C25H35NO2/c1-24(2,3)26-17-22(27-6)16-25(4,5)23(26)28-18-19-12-14-21(15-13-19)20-10-8-7-9-11-20/h7-15,22-23H,16-18H2,1-6H3. The van der Waals surface area contributed by atoms with Crippen molar-refractivity contribution >= 4 is 0 Å². The Kier molecular flexibility index (Phi) is 6.28. The van der Waals surface area contributed by atoms with Crippen molar-refractivity contribution < 1.29 is 9.47 Å². The molecule has 0 saturated carbocycles. The summed E-state index contributed by atoms with van der Waals surface area (Å²) in [5.41, 5.74) is 3.74. The first-order valence-electron chi connectivity index (χ1n) is 10.3. The fraction of sp³-hybridized carbons (Fsp3) is 0.520. The van der Waals surface area contributed by atoms with Gasteiger partial charge in [0.15, 0.2) is 0 Å².